The molecular weight excluding hydrogens is 476 g/mol. The summed E-state index contributed by atoms with van der Waals surface area (Å²) >= 11 is 0. The Morgan fingerprint density at radius 2 is 1.82 bits per heavy atom. The van der Waals surface area contributed by atoms with Crippen molar-refractivity contribution in [3.8, 4) is 11.5 Å². The van der Waals surface area contributed by atoms with E-state index in [0.29, 0.717) is 5.70 Å². The van der Waals surface area contributed by atoms with Crippen molar-refractivity contribution in [3.05, 3.63) is 48.3 Å². The molecule has 3 rings (SSSR count). The molecule has 1 amide bonds. The third-order valence-electron chi connectivity index (χ3n) is 4.59. The lowest BCUT2D eigenvalue weighted by Crippen LogP contribution is -2.34. The van der Waals surface area contributed by atoms with Gasteiger partial charge in [-0.25, -0.2) is 0 Å². The lowest BCUT2D eigenvalue weighted by molar-refractivity contribution is -0.352. The van der Waals surface area contributed by atoms with Crippen LogP contribution in [0.15, 0.2) is 41.0 Å². The number of rotatable bonds is 10. The van der Waals surface area contributed by atoms with Gasteiger partial charge in [-0.1, -0.05) is 12.6 Å². The maximum absolute atomic E-state index is 12.3. The topological polar surface area (TPSA) is 95.7 Å². The van der Waals surface area contributed by atoms with Crippen LogP contribution >= 0.6 is 0 Å². The highest BCUT2D eigenvalue weighted by Crippen LogP contribution is 2.40. The first-order chi connectivity index (χ1) is 15.9. The number of aromatic nitrogens is 2. The van der Waals surface area contributed by atoms with Gasteiger partial charge in [0, 0.05) is 24.1 Å². The quantitative estimate of drug-likeness (QED) is 0.489. The highest BCUT2D eigenvalue weighted by molar-refractivity contribution is 5.79. The standard InChI is InChI=1S/C20H19F6N3O5/c1-11(27-16(30)10-31-13-3-2-4-14(9-13)33-19(21,22)23)5-6-17-28-29-18(32-17)12-7-15(8-12)34-20(24,25)26/h2-4,9,12,15H,1,5-8,10H2,(H,27,30). The minimum absolute atomic E-state index is 0.000214. The van der Waals surface area contributed by atoms with Crippen LogP contribution in [0.4, 0.5) is 26.3 Å². The first-order valence-corrected chi connectivity index (χ1v) is 9.89. The predicted octanol–water partition coefficient (Wildman–Crippen LogP) is 4.39. The van der Waals surface area contributed by atoms with Crippen LogP contribution in [0.25, 0.3) is 0 Å². The van der Waals surface area contributed by atoms with E-state index in [-0.39, 0.29) is 49.1 Å². The van der Waals surface area contributed by atoms with Crippen molar-refractivity contribution >= 4 is 5.91 Å². The summed E-state index contributed by atoms with van der Waals surface area (Å²) in [6.45, 7) is 3.20. The molecule has 1 saturated carbocycles. The summed E-state index contributed by atoms with van der Waals surface area (Å²) in [6.07, 6.45) is -9.78. The Bertz CT molecular complexity index is 1000. The van der Waals surface area contributed by atoms with E-state index in [1.807, 2.05) is 0 Å². The maximum Gasteiger partial charge on any atom is 0.573 e. The first-order valence-electron chi connectivity index (χ1n) is 9.89. The highest BCUT2D eigenvalue weighted by Gasteiger charge is 2.42. The lowest BCUT2D eigenvalue weighted by Gasteiger charge is -2.32. The van der Waals surface area contributed by atoms with E-state index in [2.05, 4.69) is 31.6 Å². The van der Waals surface area contributed by atoms with Gasteiger partial charge in [0.05, 0.1) is 6.10 Å². The van der Waals surface area contributed by atoms with Crippen molar-refractivity contribution in [1.82, 2.24) is 15.5 Å². The molecule has 0 radical (unpaired) electrons. The van der Waals surface area contributed by atoms with Gasteiger partial charge >= 0.3 is 12.7 Å². The SMILES string of the molecule is C=C(CCc1nnc(C2CC(OC(F)(F)F)C2)o1)NC(=O)COc1cccc(OC(F)(F)F)c1. The van der Waals surface area contributed by atoms with E-state index in [0.717, 1.165) is 12.1 Å². The zero-order chi connectivity index (χ0) is 24.9. The predicted molar refractivity (Wildman–Crippen MR) is 101 cm³/mol. The van der Waals surface area contributed by atoms with Gasteiger partial charge in [0.1, 0.15) is 11.5 Å². The Labute approximate surface area is 188 Å². The number of carbonyl (C=O) groups is 1. The number of benzene rings is 1. The van der Waals surface area contributed by atoms with Crippen LogP contribution < -0.4 is 14.8 Å². The van der Waals surface area contributed by atoms with Crippen LogP contribution in [0, 0.1) is 0 Å². The number of alkyl halides is 6. The van der Waals surface area contributed by atoms with E-state index in [9.17, 15) is 31.1 Å². The van der Waals surface area contributed by atoms with Gasteiger partial charge in [-0.2, -0.15) is 0 Å². The van der Waals surface area contributed by atoms with Crippen LogP contribution in [0.3, 0.4) is 0 Å². The van der Waals surface area contributed by atoms with Crippen molar-refractivity contribution in [2.45, 2.75) is 50.4 Å². The molecule has 0 bridgehead atoms. The van der Waals surface area contributed by atoms with Gasteiger partial charge < -0.3 is 19.2 Å². The summed E-state index contributed by atoms with van der Waals surface area (Å²) in [6, 6.07) is 4.71. The van der Waals surface area contributed by atoms with E-state index < -0.39 is 37.1 Å². The van der Waals surface area contributed by atoms with Crippen molar-refractivity contribution in [2.24, 2.45) is 0 Å². The molecule has 0 saturated heterocycles. The second kappa shape index (κ2) is 10.3. The summed E-state index contributed by atoms with van der Waals surface area (Å²) in [7, 11) is 0. The van der Waals surface area contributed by atoms with Crippen molar-refractivity contribution in [2.75, 3.05) is 6.61 Å². The Hall–Kier alpha value is -3.29. The fourth-order valence-corrected chi connectivity index (χ4v) is 3.05. The summed E-state index contributed by atoms with van der Waals surface area (Å²) in [4.78, 5) is 12.0. The third-order valence-corrected chi connectivity index (χ3v) is 4.59. The van der Waals surface area contributed by atoms with Crippen molar-refractivity contribution in [3.63, 3.8) is 0 Å². The summed E-state index contributed by atoms with van der Waals surface area (Å²) in [5, 5.41) is 10.1. The summed E-state index contributed by atoms with van der Waals surface area (Å²) in [5.41, 5.74) is 0.296. The molecule has 1 aromatic carbocycles. The Balaban J connectivity index is 1.36. The van der Waals surface area contributed by atoms with Crippen LogP contribution in [0.1, 0.15) is 37.0 Å². The van der Waals surface area contributed by atoms with Gasteiger partial charge in [0.25, 0.3) is 5.91 Å². The minimum atomic E-state index is -4.85. The first kappa shape index (κ1) is 25.3. The number of nitrogens with zero attached hydrogens (tertiary/aromatic N) is 2. The molecule has 2 aromatic rings. The monoisotopic (exact) mass is 495 g/mol. The molecule has 1 aliphatic rings. The Morgan fingerprint density at radius 1 is 1.12 bits per heavy atom. The van der Waals surface area contributed by atoms with Gasteiger partial charge in [-0.05, 0) is 31.4 Å². The van der Waals surface area contributed by atoms with Crippen molar-refractivity contribution in [1.29, 1.82) is 0 Å². The number of amides is 1. The lowest BCUT2D eigenvalue weighted by atomic mass is 9.82. The number of hydrogen-bond donors (Lipinski definition) is 1. The average Bonchev–Trinajstić information content (AvgIpc) is 3.14. The number of halogens is 6. The second-order valence-electron chi connectivity index (χ2n) is 7.35. The molecule has 8 nitrogen and oxygen atoms in total. The zero-order valence-corrected chi connectivity index (χ0v) is 17.4. The third kappa shape index (κ3) is 8.24. The molecule has 0 unspecified atom stereocenters. The molecule has 0 atom stereocenters. The smallest absolute Gasteiger partial charge is 0.484 e. The van der Waals surface area contributed by atoms with E-state index >= 15 is 0 Å². The number of carbonyl (C=O) groups excluding carboxylic acids is 1. The molecule has 1 N–H and O–H groups in total. The fourth-order valence-electron chi connectivity index (χ4n) is 3.05. The molecule has 0 spiro atoms. The second-order valence-corrected chi connectivity index (χ2v) is 7.35. The van der Waals surface area contributed by atoms with Gasteiger partial charge in [-0.3, -0.25) is 9.53 Å². The average molecular weight is 495 g/mol. The highest BCUT2D eigenvalue weighted by atomic mass is 19.4. The molecule has 1 aromatic heterocycles. The number of allylic oxidation sites excluding steroid dienone is 1. The van der Waals surface area contributed by atoms with Crippen molar-refractivity contribution < 1.29 is 49.8 Å². The number of aryl methyl sites for hydroxylation is 1. The molecule has 14 heteroatoms. The fraction of sp³-hybridized carbons (Fsp3) is 0.450. The summed E-state index contributed by atoms with van der Waals surface area (Å²) < 4.78 is 91.6. The molecule has 1 aliphatic carbocycles. The molecule has 1 heterocycles. The Kier molecular flexibility index (Phi) is 7.69. The molecule has 1 fully saturated rings. The van der Waals surface area contributed by atoms with Gasteiger partial charge in [0.2, 0.25) is 11.8 Å². The minimum Gasteiger partial charge on any atom is -0.484 e. The normalized spacial score (nSPS) is 18.2. The number of hydrogen-bond acceptors (Lipinski definition) is 7. The van der Waals surface area contributed by atoms with Crippen LogP contribution in [0.2, 0.25) is 0 Å². The maximum atomic E-state index is 12.3. The molecular formula is C20H19F6N3O5. The Morgan fingerprint density at radius 3 is 2.50 bits per heavy atom. The van der Waals surface area contributed by atoms with Gasteiger partial charge in [0.15, 0.2) is 6.61 Å². The molecule has 0 aliphatic heterocycles. The molecule has 34 heavy (non-hydrogen) atoms. The number of ether oxygens (including phenoxy) is 3. The van der Waals surface area contributed by atoms with Crippen LogP contribution in [-0.4, -0.2) is 41.5 Å². The largest absolute Gasteiger partial charge is 0.573 e. The zero-order valence-electron chi connectivity index (χ0n) is 17.4. The number of nitrogens with one attached hydrogen (secondary N) is 1. The molecule has 186 valence electrons. The van der Waals surface area contributed by atoms with E-state index in [4.69, 9.17) is 9.15 Å². The summed E-state index contributed by atoms with van der Waals surface area (Å²) in [5.74, 6) is -0.948. The van der Waals surface area contributed by atoms with Gasteiger partial charge in [-0.15, -0.1) is 36.5 Å². The van der Waals surface area contributed by atoms with Crippen LogP contribution in [0.5, 0.6) is 11.5 Å². The van der Waals surface area contributed by atoms with E-state index in [1.165, 1.54) is 12.1 Å². The van der Waals surface area contributed by atoms with E-state index in [1.54, 1.807) is 0 Å². The van der Waals surface area contributed by atoms with Crippen LogP contribution in [-0.2, 0) is 16.0 Å².